The number of benzene rings is 1. The minimum absolute atomic E-state index is 0.0589. The summed E-state index contributed by atoms with van der Waals surface area (Å²) in [6, 6.07) is 8.36. The Hall–Kier alpha value is -3.50. The molecular weight excluding hydrogens is 586 g/mol. The molecule has 1 aromatic carbocycles. The van der Waals surface area contributed by atoms with Crippen LogP contribution in [0.2, 0.25) is 0 Å². The van der Waals surface area contributed by atoms with Crippen molar-refractivity contribution in [2.24, 2.45) is 11.8 Å². The Labute approximate surface area is 273 Å². The van der Waals surface area contributed by atoms with Crippen molar-refractivity contribution in [1.29, 1.82) is 0 Å². The Balaban J connectivity index is 1.60. The van der Waals surface area contributed by atoms with E-state index in [1.165, 1.54) is 0 Å². The Bertz CT molecular complexity index is 1220. The third-order valence-electron chi connectivity index (χ3n) is 9.55. The number of likely N-dealkylation sites (tertiary alicyclic amines) is 1. The van der Waals surface area contributed by atoms with E-state index >= 15 is 0 Å². The largest absolute Gasteiger partial charge is 0.455 e. The molecule has 0 aromatic heterocycles. The number of esters is 1. The zero-order valence-corrected chi connectivity index (χ0v) is 27.2. The Morgan fingerprint density at radius 3 is 2.63 bits per heavy atom. The molecule has 10 heteroatoms. The number of ether oxygens (including phenoxy) is 2. The van der Waals surface area contributed by atoms with E-state index in [1.807, 2.05) is 30.3 Å². The molecule has 252 valence electrons. The second-order valence-electron chi connectivity index (χ2n) is 12.6. The summed E-state index contributed by atoms with van der Waals surface area (Å²) in [6.45, 7) is 11.0. The quantitative estimate of drug-likeness (QED) is 0.125. The van der Waals surface area contributed by atoms with Gasteiger partial charge in [0.2, 0.25) is 17.7 Å². The lowest BCUT2D eigenvalue weighted by Crippen LogP contribution is -2.56. The van der Waals surface area contributed by atoms with Crippen LogP contribution in [-0.2, 0) is 28.7 Å². The third-order valence-corrected chi connectivity index (χ3v) is 9.55. The maximum absolute atomic E-state index is 14.4. The summed E-state index contributed by atoms with van der Waals surface area (Å²) >= 11 is 0. The number of aliphatic hydroxyl groups is 1. The normalized spacial score (nSPS) is 25.2. The SMILES string of the molecule is C=CCCC(=O)NC[C@H](OC(=O)[C@@H]1[C@H]2C(=O)N(CCCCCO)[C@H](C(=O)N(CC=C)CCCCC)[C@]23CC[C@H]1O3)c1ccccc1. The van der Waals surface area contributed by atoms with Crippen LogP contribution in [0.3, 0.4) is 0 Å². The summed E-state index contributed by atoms with van der Waals surface area (Å²) in [5.74, 6) is -2.87. The molecule has 3 saturated heterocycles. The van der Waals surface area contributed by atoms with Gasteiger partial charge in [-0.25, -0.2) is 0 Å². The minimum atomic E-state index is -1.12. The average Bonchev–Trinajstić information content (AvgIpc) is 3.71. The summed E-state index contributed by atoms with van der Waals surface area (Å²) in [7, 11) is 0. The number of hydrogen-bond donors (Lipinski definition) is 2. The van der Waals surface area contributed by atoms with Crippen LogP contribution in [-0.4, -0.2) is 89.1 Å². The highest BCUT2D eigenvalue weighted by atomic mass is 16.6. The Morgan fingerprint density at radius 2 is 1.93 bits per heavy atom. The van der Waals surface area contributed by atoms with Crippen LogP contribution in [0.15, 0.2) is 55.6 Å². The molecule has 2 bridgehead atoms. The maximum Gasteiger partial charge on any atom is 0.313 e. The first-order valence-electron chi connectivity index (χ1n) is 16.9. The van der Waals surface area contributed by atoms with Crippen molar-refractivity contribution >= 4 is 23.7 Å². The standard InChI is InChI=1S/C36H51N3O7/c1-4-7-13-22-38(21-6-3)34(43)32-36-20-19-27(46-36)30(31(36)33(42)39(32)23-14-10-15-24-40)35(44)45-28(26-16-11-9-12-17-26)25-37-29(41)18-8-5-2/h5-6,9,11-12,16-17,27-28,30-32,40H,2-4,7-8,10,13-15,18-25H2,1H3,(H,37,41)/t27-,28+,30+,31+,32-,36+/m1/s1. The van der Waals surface area contributed by atoms with Crippen LogP contribution < -0.4 is 5.32 Å². The van der Waals surface area contributed by atoms with Crippen molar-refractivity contribution in [3.05, 3.63) is 61.2 Å². The molecule has 3 fully saturated rings. The number of carbonyl (C=O) groups excluding carboxylic acids is 4. The van der Waals surface area contributed by atoms with Crippen LogP contribution in [0.1, 0.15) is 82.8 Å². The number of hydrogen-bond acceptors (Lipinski definition) is 7. The molecule has 0 unspecified atom stereocenters. The van der Waals surface area contributed by atoms with E-state index in [9.17, 15) is 24.3 Å². The molecule has 46 heavy (non-hydrogen) atoms. The first-order chi connectivity index (χ1) is 22.3. The fourth-order valence-corrected chi connectivity index (χ4v) is 7.33. The van der Waals surface area contributed by atoms with Crippen molar-refractivity contribution in [1.82, 2.24) is 15.1 Å². The topological polar surface area (TPSA) is 125 Å². The van der Waals surface area contributed by atoms with Gasteiger partial charge in [0.25, 0.3) is 0 Å². The van der Waals surface area contributed by atoms with Gasteiger partial charge < -0.3 is 29.7 Å². The van der Waals surface area contributed by atoms with Crippen molar-refractivity contribution in [3.8, 4) is 0 Å². The van der Waals surface area contributed by atoms with Gasteiger partial charge in [-0.05, 0) is 50.5 Å². The lowest BCUT2D eigenvalue weighted by atomic mass is 9.70. The molecule has 0 radical (unpaired) electrons. The van der Waals surface area contributed by atoms with Crippen molar-refractivity contribution in [2.75, 3.05) is 32.8 Å². The number of aliphatic hydroxyl groups excluding tert-OH is 1. The number of nitrogens with one attached hydrogen (secondary N) is 1. The maximum atomic E-state index is 14.4. The number of unbranched alkanes of at least 4 members (excludes halogenated alkanes) is 4. The highest BCUT2D eigenvalue weighted by molar-refractivity contribution is 5.98. The summed E-state index contributed by atoms with van der Waals surface area (Å²) in [5.41, 5.74) is -0.396. The molecule has 4 rings (SSSR count). The van der Waals surface area contributed by atoms with Crippen LogP contribution in [0.25, 0.3) is 0 Å². The second kappa shape index (κ2) is 16.9. The lowest BCUT2D eigenvalue weighted by Gasteiger charge is -2.37. The monoisotopic (exact) mass is 637 g/mol. The van der Waals surface area contributed by atoms with Crippen LogP contribution in [0, 0.1) is 11.8 Å². The first kappa shape index (κ1) is 35.4. The molecule has 1 aromatic rings. The summed E-state index contributed by atoms with van der Waals surface area (Å²) < 4.78 is 12.7. The molecule has 1 spiro atoms. The predicted molar refractivity (Wildman–Crippen MR) is 174 cm³/mol. The van der Waals surface area contributed by atoms with Gasteiger partial charge in [0.05, 0.1) is 24.5 Å². The molecule has 3 aliphatic rings. The Morgan fingerprint density at radius 1 is 1.15 bits per heavy atom. The van der Waals surface area contributed by atoms with Gasteiger partial charge >= 0.3 is 5.97 Å². The number of fused-ring (bicyclic) bond motifs is 1. The van der Waals surface area contributed by atoms with Crippen LogP contribution >= 0.6 is 0 Å². The van der Waals surface area contributed by atoms with Gasteiger partial charge in [-0.15, -0.1) is 13.2 Å². The summed E-state index contributed by atoms with van der Waals surface area (Å²) in [5, 5.41) is 12.2. The van der Waals surface area contributed by atoms with Gasteiger partial charge in [0.15, 0.2) is 0 Å². The molecule has 10 nitrogen and oxygen atoms in total. The van der Waals surface area contributed by atoms with Crippen LogP contribution in [0.5, 0.6) is 0 Å². The zero-order valence-electron chi connectivity index (χ0n) is 27.2. The van der Waals surface area contributed by atoms with Gasteiger partial charge in [-0.3, -0.25) is 19.2 Å². The first-order valence-corrected chi connectivity index (χ1v) is 16.9. The zero-order chi connectivity index (χ0) is 33.1. The molecule has 3 aliphatic heterocycles. The lowest BCUT2D eigenvalue weighted by molar-refractivity contribution is -0.160. The van der Waals surface area contributed by atoms with Gasteiger partial charge in [0.1, 0.15) is 17.7 Å². The average molecular weight is 638 g/mol. The fourth-order valence-electron chi connectivity index (χ4n) is 7.33. The predicted octanol–water partition coefficient (Wildman–Crippen LogP) is 4.10. The van der Waals surface area contributed by atoms with Crippen LogP contribution in [0.4, 0.5) is 0 Å². The highest BCUT2D eigenvalue weighted by Gasteiger charge is 2.75. The summed E-state index contributed by atoms with van der Waals surface area (Å²) in [6.07, 6.45) is 8.69. The number of carbonyl (C=O) groups is 4. The number of rotatable bonds is 20. The Kier molecular flexibility index (Phi) is 13.0. The molecule has 2 N–H and O–H groups in total. The number of amides is 3. The van der Waals surface area contributed by atoms with Gasteiger partial charge in [-0.1, -0.05) is 62.2 Å². The number of nitrogens with zero attached hydrogens (tertiary/aromatic N) is 2. The van der Waals surface area contributed by atoms with Crippen molar-refractivity contribution < 1.29 is 33.8 Å². The smallest absolute Gasteiger partial charge is 0.313 e. The minimum Gasteiger partial charge on any atom is -0.455 e. The van der Waals surface area contributed by atoms with Gasteiger partial charge in [0, 0.05) is 32.7 Å². The third kappa shape index (κ3) is 7.72. The molecule has 3 heterocycles. The van der Waals surface area contributed by atoms with E-state index in [1.54, 1.807) is 22.0 Å². The molecular formula is C36H51N3O7. The van der Waals surface area contributed by atoms with Crippen molar-refractivity contribution in [3.63, 3.8) is 0 Å². The second-order valence-corrected chi connectivity index (χ2v) is 12.6. The van der Waals surface area contributed by atoms with E-state index in [-0.39, 0.29) is 37.3 Å². The van der Waals surface area contributed by atoms with E-state index in [4.69, 9.17) is 9.47 Å². The molecule has 0 saturated carbocycles. The van der Waals surface area contributed by atoms with E-state index < -0.39 is 41.7 Å². The van der Waals surface area contributed by atoms with Crippen molar-refractivity contribution in [2.45, 2.75) is 95.0 Å². The molecule has 3 amide bonds. The fraction of sp³-hybridized carbons (Fsp3) is 0.611. The van der Waals surface area contributed by atoms with Gasteiger partial charge in [-0.2, -0.15) is 0 Å². The highest BCUT2D eigenvalue weighted by Crippen LogP contribution is 2.59. The molecule has 0 aliphatic carbocycles. The van der Waals surface area contributed by atoms with E-state index in [0.29, 0.717) is 58.2 Å². The van der Waals surface area contributed by atoms with E-state index in [2.05, 4.69) is 25.4 Å². The number of allylic oxidation sites excluding steroid dienone is 1. The van der Waals surface area contributed by atoms with E-state index in [0.717, 1.165) is 24.8 Å². The summed E-state index contributed by atoms with van der Waals surface area (Å²) in [4.78, 5) is 58.6. The molecule has 6 atom stereocenters.